The zero-order valence-electron chi connectivity index (χ0n) is 18.2. The Kier molecular flexibility index (Phi) is 5.56. The van der Waals surface area contributed by atoms with Crippen molar-refractivity contribution in [1.29, 1.82) is 5.26 Å². The minimum Gasteiger partial charge on any atom is -0.497 e. The van der Waals surface area contributed by atoms with E-state index in [1.807, 2.05) is 23.1 Å². The number of piperazine rings is 1. The molecule has 170 valence electrons. The molecule has 1 aliphatic carbocycles. The molecule has 2 fully saturated rings. The minimum absolute atomic E-state index is 0.171. The molecule has 0 radical (unpaired) electrons. The second-order valence-electron chi connectivity index (χ2n) is 8.24. The molecule has 0 unspecified atom stereocenters. The van der Waals surface area contributed by atoms with Crippen molar-refractivity contribution in [2.45, 2.75) is 23.2 Å². The number of ether oxygens (including phenoxy) is 1. The van der Waals surface area contributed by atoms with Gasteiger partial charge in [-0.05, 0) is 42.2 Å². The van der Waals surface area contributed by atoms with Crippen molar-refractivity contribution in [1.82, 2.24) is 9.29 Å². The molecule has 33 heavy (non-hydrogen) atoms. The van der Waals surface area contributed by atoms with Crippen LogP contribution < -0.4 is 9.64 Å². The first-order chi connectivity index (χ1) is 16.0. The summed E-state index contributed by atoms with van der Waals surface area (Å²) in [6.07, 6.45) is 0.947. The van der Waals surface area contributed by atoms with Gasteiger partial charge in [-0.15, -0.1) is 0 Å². The molecule has 0 N–H and O–H groups in total. The highest BCUT2D eigenvalue weighted by Crippen LogP contribution is 2.54. The largest absolute Gasteiger partial charge is 0.497 e. The van der Waals surface area contributed by atoms with Crippen molar-refractivity contribution < 1.29 is 17.6 Å². The maximum Gasteiger partial charge on any atom is 0.243 e. The SMILES string of the molecule is COc1ccc(S(=O)(=O)N2CCN(c3oc([C@@H]4C[C@H]4c4ccccc4)nc3C#N)CC2)cc1. The third-order valence-electron chi connectivity index (χ3n) is 6.29. The smallest absolute Gasteiger partial charge is 0.243 e. The fraction of sp³-hybridized carbons (Fsp3) is 0.333. The summed E-state index contributed by atoms with van der Waals surface area (Å²) in [5.74, 6) is 2.16. The summed E-state index contributed by atoms with van der Waals surface area (Å²) in [5, 5.41) is 9.60. The molecular weight excluding hydrogens is 440 g/mol. The van der Waals surface area contributed by atoms with Crippen molar-refractivity contribution >= 4 is 15.9 Å². The van der Waals surface area contributed by atoms with Gasteiger partial charge in [0.1, 0.15) is 11.8 Å². The van der Waals surface area contributed by atoms with E-state index in [2.05, 4.69) is 23.2 Å². The summed E-state index contributed by atoms with van der Waals surface area (Å²) in [5.41, 5.74) is 1.51. The number of nitrogens with zero attached hydrogens (tertiary/aromatic N) is 4. The van der Waals surface area contributed by atoms with Gasteiger partial charge in [-0.2, -0.15) is 9.57 Å². The molecule has 0 spiro atoms. The number of sulfonamides is 1. The van der Waals surface area contributed by atoms with E-state index in [-0.39, 0.29) is 16.5 Å². The summed E-state index contributed by atoms with van der Waals surface area (Å²) < 4.78 is 38.6. The molecule has 2 aliphatic rings. The van der Waals surface area contributed by atoms with E-state index < -0.39 is 10.0 Å². The molecule has 3 aromatic rings. The Balaban J connectivity index is 1.28. The Morgan fingerprint density at radius 3 is 2.36 bits per heavy atom. The molecule has 8 nitrogen and oxygen atoms in total. The lowest BCUT2D eigenvalue weighted by Gasteiger charge is -2.33. The predicted octanol–water partition coefficient (Wildman–Crippen LogP) is 3.34. The molecule has 2 atom stereocenters. The number of aromatic nitrogens is 1. The number of methoxy groups -OCH3 is 1. The van der Waals surface area contributed by atoms with Crippen LogP contribution in [-0.2, 0) is 10.0 Å². The van der Waals surface area contributed by atoms with Gasteiger partial charge in [0.15, 0.2) is 0 Å². The maximum atomic E-state index is 13.0. The summed E-state index contributed by atoms with van der Waals surface area (Å²) in [6, 6.07) is 18.7. The average Bonchev–Trinajstić information content (AvgIpc) is 3.55. The highest BCUT2D eigenvalue weighted by atomic mass is 32.2. The number of hydrogen-bond acceptors (Lipinski definition) is 7. The van der Waals surface area contributed by atoms with Gasteiger partial charge in [0.2, 0.25) is 27.5 Å². The molecule has 2 heterocycles. The van der Waals surface area contributed by atoms with Crippen LogP contribution in [0.4, 0.5) is 5.88 Å². The van der Waals surface area contributed by atoms with Crippen LogP contribution in [0.5, 0.6) is 5.75 Å². The summed E-state index contributed by atoms with van der Waals surface area (Å²) in [7, 11) is -2.06. The number of rotatable bonds is 6. The molecule has 1 saturated carbocycles. The lowest BCUT2D eigenvalue weighted by atomic mass is 10.1. The van der Waals surface area contributed by atoms with Crippen LogP contribution >= 0.6 is 0 Å². The standard InChI is InChI=1S/C24H24N4O4S/c1-31-18-7-9-19(10-8-18)33(29,30)28-13-11-27(12-14-28)24-22(16-25)26-23(32-24)21-15-20(21)17-5-3-2-4-6-17/h2-10,20-21H,11-15H2,1H3/t20-,21+/m0/s1. The third kappa shape index (κ3) is 4.08. The van der Waals surface area contributed by atoms with Gasteiger partial charge >= 0.3 is 0 Å². The molecular formula is C24H24N4O4S. The van der Waals surface area contributed by atoms with Crippen LogP contribution in [0.15, 0.2) is 63.9 Å². The number of benzene rings is 2. The molecule has 0 bridgehead atoms. The number of anilines is 1. The second kappa shape index (κ2) is 8.54. The zero-order valence-corrected chi connectivity index (χ0v) is 19.0. The molecule has 0 amide bonds. The van der Waals surface area contributed by atoms with Crippen molar-refractivity contribution in [3.05, 3.63) is 71.7 Å². The van der Waals surface area contributed by atoms with Gasteiger partial charge in [-0.3, -0.25) is 0 Å². The average molecular weight is 465 g/mol. The molecule has 2 aromatic carbocycles. The third-order valence-corrected chi connectivity index (χ3v) is 8.20. The quantitative estimate of drug-likeness (QED) is 0.552. The van der Waals surface area contributed by atoms with Gasteiger partial charge in [0.05, 0.1) is 12.0 Å². The summed E-state index contributed by atoms with van der Waals surface area (Å²) in [6.45, 7) is 1.44. The molecule has 1 saturated heterocycles. The van der Waals surface area contributed by atoms with Crippen molar-refractivity contribution in [3.8, 4) is 11.8 Å². The van der Waals surface area contributed by atoms with Crippen LogP contribution in [-0.4, -0.2) is 51.0 Å². The van der Waals surface area contributed by atoms with E-state index in [1.54, 1.807) is 24.3 Å². The maximum absolute atomic E-state index is 13.0. The first-order valence-corrected chi connectivity index (χ1v) is 12.3. The number of hydrogen-bond donors (Lipinski definition) is 0. The summed E-state index contributed by atoms with van der Waals surface area (Å²) >= 11 is 0. The Bertz CT molecular complexity index is 1270. The minimum atomic E-state index is -3.60. The van der Waals surface area contributed by atoms with E-state index in [0.717, 1.165) is 6.42 Å². The van der Waals surface area contributed by atoms with Gasteiger partial charge in [0.25, 0.3) is 0 Å². The molecule has 9 heteroatoms. The topological polar surface area (TPSA) is 99.7 Å². The van der Waals surface area contributed by atoms with E-state index in [0.29, 0.717) is 49.6 Å². The molecule has 1 aliphatic heterocycles. The zero-order chi connectivity index (χ0) is 23.0. The highest BCUT2D eigenvalue weighted by molar-refractivity contribution is 7.89. The number of nitriles is 1. The van der Waals surface area contributed by atoms with E-state index >= 15 is 0 Å². The highest BCUT2D eigenvalue weighted by Gasteiger charge is 2.44. The van der Waals surface area contributed by atoms with Crippen molar-refractivity contribution in [2.75, 3.05) is 38.2 Å². The van der Waals surface area contributed by atoms with Gasteiger partial charge < -0.3 is 14.1 Å². The Labute approximate surface area is 193 Å². The van der Waals surface area contributed by atoms with Gasteiger partial charge in [-0.1, -0.05) is 30.3 Å². The monoisotopic (exact) mass is 464 g/mol. The number of oxazole rings is 1. The van der Waals surface area contributed by atoms with Crippen LogP contribution in [0.1, 0.15) is 35.4 Å². The molecule has 5 rings (SSSR count). The lowest BCUT2D eigenvalue weighted by molar-refractivity contribution is 0.370. The van der Waals surface area contributed by atoms with Crippen LogP contribution in [0.25, 0.3) is 0 Å². The Morgan fingerprint density at radius 1 is 1.03 bits per heavy atom. The normalized spacial score (nSPS) is 20.9. The van der Waals surface area contributed by atoms with Gasteiger partial charge in [0, 0.05) is 32.1 Å². The second-order valence-corrected chi connectivity index (χ2v) is 10.2. The Hall–Kier alpha value is -3.35. The van der Waals surface area contributed by atoms with E-state index in [1.165, 1.54) is 17.0 Å². The summed E-state index contributed by atoms with van der Waals surface area (Å²) in [4.78, 5) is 6.61. The fourth-order valence-electron chi connectivity index (χ4n) is 4.34. The first-order valence-electron chi connectivity index (χ1n) is 10.9. The van der Waals surface area contributed by atoms with Crippen LogP contribution in [0.3, 0.4) is 0 Å². The lowest BCUT2D eigenvalue weighted by Crippen LogP contribution is -2.48. The van der Waals surface area contributed by atoms with Crippen molar-refractivity contribution in [2.24, 2.45) is 0 Å². The molecule has 1 aromatic heterocycles. The predicted molar refractivity (Wildman–Crippen MR) is 122 cm³/mol. The fourth-order valence-corrected chi connectivity index (χ4v) is 5.76. The Morgan fingerprint density at radius 2 is 1.73 bits per heavy atom. The van der Waals surface area contributed by atoms with E-state index in [9.17, 15) is 13.7 Å². The van der Waals surface area contributed by atoms with Crippen LogP contribution in [0, 0.1) is 11.3 Å². The first kappa shape index (κ1) is 21.5. The van der Waals surface area contributed by atoms with Gasteiger partial charge in [-0.25, -0.2) is 13.4 Å². The van der Waals surface area contributed by atoms with Crippen molar-refractivity contribution in [3.63, 3.8) is 0 Å². The van der Waals surface area contributed by atoms with Crippen LogP contribution in [0.2, 0.25) is 0 Å². The van der Waals surface area contributed by atoms with E-state index in [4.69, 9.17) is 9.15 Å².